The maximum Gasteiger partial charge on any atom is 0.241 e. The zero-order valence-electron chi connectivity index (χ0n) is 15.2. The number of primary sulfonamides is 1. The Kier molecular flexibility index (Phi) is 6.72. The number of nitrogens with one attached hydrogen (secondary N) is 1. The molecule has 0 aromatic heterocycles. The summed E-state index contributed by atoms with van der Waals surface area (Å²) in [5, 5.41) is 8.51. The summed E-state index contributed by atoms with van der Waals surface area (Å²) in [6.07, 6.45) is 2.96. The average molecular weight is 422 g/mol. The number of benzene rings is 1. The topological polar surface area (TPSA) is 102 Å². The predicted molar refractivity (Wildman–Crippen MR) is 101 cm³/mol. The maximum atomic E-state index is 14.2. The summed E-state index contributed by atoms with van der Waals surface area (Å²) in [4.78, 5) is 13.9. The van der Waals surface area contributed by atoms with Crippen molar-refractivity contribution in [2.75, 3.05) is 33.3 Å². The second kappa shape index (κ2) is 8.30. The van der Waals surface area contributed by atoms with E-state index in [0.29, 0.717) is 18.5 Å². The third-order valence-corrected chi connectivity index (χ3v) is 6.36. The van der Waals surface area contributed by atoms with Gasteiger partial charge in [-0.25, -0.2) is 17.9 Å². The highest BCUT2D eigenvalue weighted by molar-refractivity contribution is 7.89. The first-order valence-electron chi connectivity index (χ1n) is 8.62. The molecule has 152 valence electrons. The second-order valence-corrected chi connectivity index (χ2v) is 8.67. The summed E-state index contributed by atoms with van der Waals surface area (Å²) in [5.74, 6) is -1.43. The Morgan fingerprint density at radius 1 is 1.33 bits per heavy atom. The van der Waals surface area contributed by atoms with Crippen molar-refractivity contribution >= 4 is 28.3 Å². The number of ether oxygens (including phenoxy) is 1. The molecular formula is C17H25ClFN3O4S. The van der Waals surface area contributed by atoms with E-state index in [1.807, 2.05) is 0 Å². The Hall–Kier alpha value is -1.42. The molecule has 1 aromatic carbocycles. The van der Waals surface area contributed by atoms with Gasteiger partial charge in [0, 0.05) is 19.6 Å². The van der Waals surface area contributed by atoms with Crippen LogP contribution in [0.15, 0.2) is 17.0 Å². The Morgan fingerprint density at radius 3 is 2.52 bits per heavy atom. The number of carbonyl (C=O) groups is 1. The normalized spacial score (nSPS) is 19.0. The van der Waals surface area contributed by atoms with Crippen LogP contribution < -0.4 is 15.2 Å². The molecule has 1 spiro atoms. The van der Waals surface area contributed by atoms with Gasteiger partial charge >= 0.3 is 0 Å². The van der Waals surface area contributed by atoms with E-state index >= 15 is 0 Å². The summed E-state index contributed by atoms with van der Waals surface area (Å²) >= 11 is 0. The van der Waals surface area contributed by atoms with Gasteiger partial charge in [0.05, 0.1) is 13.5 Å². The molecule has 0 bridgehead atoms. The van der Waals surface area contributed by atoms with Gasteiger partial charge in [-0.3, -0.25) is 4.79 Å². The van der Waals surface area contributed by atoms with Crippen LogP contribution in [-0.4, -0.2) is 52.5 Å². The molecule has 10 heteroatoms. The number of hydrogen-bond donors (Lipinski definition) is 2. The first kappa shape index (κ1) is 21.9. The molecule has 0 saturated carbocycles. The van der Waals surface area contributed by atoms with Gasteiger partial charge in [0.1, 0.15) is 4.90 Å². The molecule has 0 atom stereocenters. The number of nitrogens with two attached hydrogens (primary N) is 1. The van der Waals surface area contributed by atoms with E-state index in [4.69, 9.17) is 9.88 Å². The number of methoxy groups -OCH3 is 1. The summed E-state index contributed by atoms with van der Waals surface area (Å²) in [6, 6.07) is 2.33. The molecule has 27 heavy (non-hydrogen) atoms. The zero-order valence-corrected chi connectivity index (χ0v) is 16.8. The minimum Gasteiger partial charge on any atom is -0.492 e. The number of amides is 1. The van der Waals surface area contributed by atoms with Gasteiger partial charge in [-0.15, -0.1) is 12.4 Å². The van der Waals surface area contributed by atoms with Crippen molar-refractivity contribution in [1.29, 1.82) is 0 Å². The van der Waals surface area contributed by atoms with Crippen molar-refractivity contribution in [2.45, 2.75) is 30.6 Å². The fourth-order valence-corrected chi connectivity index (χ4v) is 4.63. The molecule has 0 unspecified atom stereocenters. The average Bonchev–Trinajstić information content (AvgIpc) is 3.02. The summed E-state index contributed by atoms with van der Waals surface area (Å²) in [6.45, 7) is 3.36. The van der Waals surface area contributed by atoms with Crippen molar-refractivity contribution in [1.82, 2.24) is 10.2 Å². The third-order valence-electron chi connectivity index (χ3n) is 5.44. The second-order valence-electron chi connectivity index (χ2n) is 7.14. The van der Waals surface area contributed by atoms with E-state index in [2.05, 4.69) is 5.32 Å². The molecule has 2 aliphatic heterocycles. The van der Waals surface area contributed by atoms with Crippen LogP contribution in [0.4, 0.5) is 4.39 Å². The predicted octanol–water partition coefficient (Wildman–Crippen LogP) is 1.05. The molecule has 0 aliphatic carbocycles. The molecule has 3 rings (SSSR count). The maximum absolute atomic E-state index is 14.2. The lowest BCUT2D eigenvalue weighted by Gasteiger charge is -2.39. The number of nitrogens with zero attached hydrogens (tertiary/aromatic N) is 1. The minimum atomic E-state index is -4.16. The monoisotopic (exact) mass is 421 g/mol. The van der Waals surface area contributed by atoms with Crippen LogP contribution in [0.25, 0.3) is 0 Å². The Labute approximate surface area is 164 Å². The molecule has 1 amide bonds. The van der Waals surface area contributed by atoms with Gasteiger partial charge in [-0.05, 0) is 48.9 Å². The van der Waals surface area contributed by atoms with E-state index in [-0.39, 0.29) is 30.3 Å². The van der Waals surface area contributed by atoms with E-state index in [9.17, 15) is 17.6 Å². The number of sulfonamides is 1. The Morgan fingerprint density at radius 2 is 2.00 bits per heavy atom. The first-order chi connectivity index (χ1) is 12.2. The standard InChI is InChI=1S/C17H24FN3O4S.ClH/c1-25-16-13(18)8-12(9-14(16)26(19,23)24)10-15(22)21-6-3-17(4-7-21)2-5-20-11-17;/h8-9,20H,2-7,10-11H2,1H3,(H2,19,23,24);1H. The van der Waals surface area contributed by atoms with Gasteiger partial charge in [0.2, 0.25) is 15.9 Å². The fourth-order valence-electron chi connectivity index (χ4n) is 3.87. The highest BCUT2D eigenvalue weighted by Crippen LogP contribution is 2.37. The van der Waals surface area contributed by atoms with E-state index in [1.54, 1.807) is 4.90 Å². The number of likely N-dealkylation sites (tertiary alicyclic amines) is 1. The van der Waals surface area contributed by atoms with Crippen molar-refractivity contribution in [3.63, 3.8) is 0 Å². The summed E-state index contributed by atoms with van der Waals surface area (Å²) < 4.78 is 42.3. The number of piperidine rings is 1. The van der Waals surface area contributed by atoms with Gasteiger partial charge < -0.3 is 15.0 Å². The van der Waals surface area contributed by atoms with E-state index < -0.39 is 26.5 Å². The summed E-state index contributed by atoms with van der Waals surface area (Å²) in [7, 11) is -3.00. The number of halogens is 2. The molecule has 2 saturated heterocycles. The molecular weight excluding hydrogens is 397 g/mol. The molecule has 7 nitrogen and oxygen atoms in total. The van der Waals surface area contributed by atoms with Crippen LogP contribution in [0.3, 0.4) is 0 Å². The zero-order chi connectivity index (χ0) is 18.9. The van der Waals surface area contributed by atoms with Crippen LogP contribution >= 0.6 is 12.4 Å². The van der Waals surface area contributed by atoms with E-state index in [1.165, 1.54) is 13.2 Å². The summed E-state index contributed by atoms with van der Waals surface area (Å²) in [5.41, 5.74) is 0.559. The van der Waals surface area contributed by atoms with Crippen molar-refractivity contribution in [3.05, 3.63) is 23.5 Å². The molecule has 2 heterocycles. The molecule has 1 aromatic rings. The van der Waals surface area contributed by atoms with Gasteiger partial charge in [-0.2, -0.15) is 0 Å². The van der Waals surface area contributed by atoms with Gasteiger partial charge in [-0.1, -0.05) is 0 Å². The first-order valence-corrected chi connectivity index (χ1v) is 10.2. The molecule has 0 radical (unpaired) electrons. The molecule has 2 fully saturated rings. The lowest BCUT2D eigenvalue weighted by atomic mass is 9.78. The number of rotatable bonds is 4. The fraction of sp³-hybridized carbons (Fsp3) is 0.588. The largest absolute Gasteiger partial charge is 0.492 e. The Bertz CT molecular complexity index is 803. The SMILES string of the molecule is COc1c(F)cc(CC(=O)N2CCC3(CCNC3)CC2)cc1S(N)(=O)=O.Cl. The highest BCUT2D eigenvalue weighted by Gasteiger charge is 2.38. The Balaban J connectivity index is 0.00000261. The number of carbonyl (C=O) groups excluding carboxylic acids is 1. The number of hydrogen-bond acceptors (Lipinski definition) is 5. The van der Waals surface area contributed by atoms with Crippen LogP contribution in [-0.2, 0) is 21.2 Å². The van der Waals surface area contributed by atoms with Crippen LogP contribution in [0.5, 0.6) is 5.75 Å². The molecule has 2 aliphatic rings. The van der Waals surface area contributed by atoms with Crippen molar-refractivity contribution < 1.29 is 22.3 Å². The molecule has 3 N–H and O–H groups in total. The minimum absolute atomic E-state index is 0. The van der Waals surface area contributed by atoms with E-state index in [0.717, 1.165) is 38.4 Å². The highest BCUT2D eigenvalue weighted by atomic mass is 35.5. The smallest absolute Gasteiger partial charge is 0.241 e. The van der Waals surface area contributed by atoms with Crippen LogP contribution in [0.2, 0.25) is 0 Å². The van der Waals surface area contributed by atoms with Crippen molar-refractivity contribution in [3.8, 4) is 5.75 Å². The van der Waals surface area contributed by atoms with Crippen LogP contribution in [0, 0.1) is 11.2 Å². The quantitative estimate of drug-likeness (QED) is 0.756. The van der Waals surface area contributed by atoms with Gasteiger partial charge in [0.15, 0.2) is 11.6 Å². The lowest BCUT2D eigenvalue weighted by molar-refractivity contribution is -0.132. The lowest BCUT2D eigenvalue weighted by Crippen LogP contribution is -2.44. The third kappa shape index (κ3) is 4.71. The van der Waals surface area contributed by atoms with Gasteiger partial charge in [0.25, 0.3) is 0 Å². The van der Waals surface area contributed by atoms with Crippen molar-refractivity contribution in [2.24, 2.45) is 10.6 Å². The van der Waals surface area contributed by atoms with Crippen LogP contribution in [0.1, 0.15) is 24.8 Å².